The van der Waals surface area contributed by atoms with Crippen LogP contribution >= 0.6 is 0 Å². The number of rotatable bonds is 8. The third-order valence-electron chi connectivity index (χ3n) is 2.14. The maximum Gasteiger partial charge on any atom is 0.0468 e. The number of aliphatic hydroxyl groups is 1. The summed E-state index contributed by atoms with van der Waals surface area (Å²) < 4.78 is 5.46. The Balaban J connectivity index is 2.99. The van der Waals surface area contributed by atoms with Gasteiger partial charge in [-0.2, -0.15) is 0 Å². The van der Waals surface area contributed by atoms with Gasteiger partial charge in [0.1, 0.15) is 0 Å². The van der Waals surface area contributed by atoms with Crippen LogP contribution in [0.4, 0.5) is 0 Å². The molecule has 0 heterocycles. The van der Waals surface area contributed by atoms with Gasteiger partial charge < -0.3 is 9.84 Å². The fraction of sp³-hybridized carbons (Fsp3) is 1.00. The van der Waals surface area contributed by atoms with Gasteiger partial charge in [0.25, 0.3) is 0 Å². The van der Waals surface area contributed by atoms with E-state index in [4.69, 9.17) is 9.84 Å². The molecule has 0 aromatic rings. The van der Waals surface area contributed by atoms with Gasteiger partial charge in [0.05, 0.1) is 0 Å². The molecule has 0 aliphatic rings. The molecule has 1 unspecified atom stereocenters. The van der Waals surface area contributed by atoms with E-state index in [1.165, 1.54) is 0 Å². The lowest BCUT2D eigenvalue weighted by atomic mass is 10.1. The first-order valence-electron chi connectivity index (χ1n) is 5.35. The summed E-state index contributed by atoms with van der Waals surface area (Å²) in [4.78, 5) is 0. The van der Waals surface area contributed by atoms with Crippen LogP contribution in [0.15, 0.2) is 0 Å². The van der Waals surface area contributed by atoms with Gasteiger partial charge in [-0.25, -0.2) is 0 Å². The fourth-order valence-electron chi connectivity index (χ4n) is 1.05. The van der Waals surface area contributed by atoms with Crippen LogP contribution in [0.5, 0.6) is 0 Å². The SMILES string of the molecule is CC(C)CCOCCCC(C)CO. The Kier molecular flexibility index (Phi) is 8.46. The van der Waals surface area contributed by atoms with Crippen molar-refractivity contribution in [3.8, 4) is 0 Å². The van der Waals surface area contributed by atoms with E-state index >= 15 is 0 Å². The minimum Gasteiger partial charge on any atom is -0.396 e. The van der Waals surface area contributed by atoms with Gasteiger partial charge in [-0.05, 0) is 31.1 Å². The van der Waals surface area contributed by atoms with Crippen LogP contribution in [0.3, 0.4) is 0 Å². The molecular formula is C11H24O2. The summed E-state index contributed by atoms with van der Waals surface area (Å²) in [6, 6.07) is 0. The van der Waals surface area contributed by atoms with Gasteiger partial charge in [0, 0.05) is 19.8 Å². The van der Waals surface area contributed by atoms with Crippen molar-refractivity contribution in [2.24, 2.45) is 11.8 Å². The minimum absolute atomic E-state index is 0.298. The van der Waals surface area contributed by atoms with Crippen molar-refractivity contribution in [1.29, 1.82) is 0 Å². The van der Waals surface area contributed by atoms with Crippen LogP contribution in [0.1, 0.15) is 40.0 Å². The summed E-state index contributed by atoms with van der Waals surface area (Å²) in [5, 5.41) is 8.77. The fourth-order valence-corrected chi connectivity index (χ4v) is 1.05. The van der Waals surface area contributed by atoms with Gasteiger partial charge in [-0.3, -0.25) is 0 Å². The highest BCUT2D eigenvalue weighted by molar-refractivity contribution is 4.50. The van der Waals surface area contributed by atoms with E-state index in [9.17, 15) is 0 Å². The summed E-state index contributed by atoms with van der Waals surface area (Å²) in [5.74, 6) is 1.16. The Morgan fingerprint density at radius 2 is 1.77 bits per heavy atom. The molecule has 2 nitrogen and oxygen atoms in total. The van der Waals surface area contributed by atoms with E-state index in [0.717, 1.165) is 38.4 Å². The quantitative estimate of drug-likeness (QED) is 0.593. The maximum atomic E-state index is 8.77. The maximum absolute atomic E-state index is 8.77. The highest BCUT2D eigenvalue weighted by Crippen LogP contribution is 2.05. The second-order valence-corrected chi connectivity index (χ2v) is 4.22. The summed E-state index contributed by atoms with van der Waals surface area (Å²) in [5.41, 5.74) is 0. The smallest absolute Gasteiger partial charge is 0.0468 e. The number of aliphatic hydroxyl groups excluding tert-OH is 1. The minimum atomic E-state index is 0.298. The van der Waals surface area contributed by atoms with Gasteiger partial charge in [-0.15, -0.1) is 0 Å². The average Bonchev–Trinajstić information content (AvgIpc) is 2.10. The first kappa shape index (κ1) is 12.9. The molecule has 0 bridgehead atoms. The second kappa shape index (κ2) is 8.52. The van der Waals surface area contributed by atoms with Crippen molar-refractivity contribution in [3.05, 3.63) is 0 Å². The molecule has 1 atom stereocenters. The molecule has 0 fully saturated rings. The molecule has 0 radical (unpaired) electrons. The molecule has 0 amide bonds. The largest absolute Gasteiger partial charge is 0.396 e. The highest BCUT2D eigenvalue weighted by Gasteiger charge is 1.99. The van der Waals surface area contributed by atoms with Gasteiger partial charge in [0.2, 0.25) is 0 Å². The van der Waals surface area contributed by atoms with Crippen molar-refractivity contribution >= 4 is 0 Å². The zero-order valence-corrected chi connectivity index (χ0v) is 9.25. The lowest BCUT2D eigenvalue weighted by molar-refractivity contribution is 0.113. The van der Waals surface area contributed by atoms with Gasteiger partial charge in [-0.1, -0.05) is 20.8 Å². The highest BCUT2D eigenvalue weighted by atomic mass is 16.5. The van der Waals surface area contributed by atoms with Crippen molar-refractivity contribution in [2.75, 3.05) is 19.8 Å². The van der Waals surface area contributed by atoms with Crippen molar-refractivity contribution in [3.63, 3.8) is 0 Å². The second-order valence-electron chi connectivity index (χ2n) is 4.22. The number of ether oxygens (including phenoxy) is 1. The van der Waals surface area contributed by atoms with Crippen LogP contribution in [-0.2, 0) is 4.74 Å². The lowest BCUT2D eigenvalue weighted by Crippen LogP contribution is -2.04. The van der Waals surface area contributed by atoms with E-state index in [1.54, 1.807) is 0 Å². The van der Waals surface area contributed by atoms with Gasteiger partial charge in [0.15, 0.2) is 0 Å². The van der Waals surface area contributed by atoms with E-state index < -0.39 is 0 Å². The third-order valence-corrected chi connectivity index (χ3v) is 2.14. The Morgan fingerprint density at radius 3 is 2.31 bits per heavy atom. The van der Waals surface area contributed by atoms with Crippen LogP contribution < -0.4 is 0 Å². The zero-order chi connectivity index (χ0) is 10.1. The molecule has 0 rings (SSSR count). The molecule has 80 valence electrons. The molecule has 0 saturated carbocycles. The molecule has 0 aliphatic carbocycles. The lowest BCUT2D eigenvalue weighted by Gasteiger charge is -2.08. The monoisotopic (exact) mass is 188 g/mol. The molecular weight excluding hydrogens is 164 g/mol. The summed E-state index contributed by atoms with van der Waals surface area (Å²) in [6.45, 7) is 8.50. The first-order chi connectivity index (χ1) is 6.16. The predicted molar refractivity (Wildman–Crippen MR) is 55.8 cm³/mol. The number of hydrogen-bond donors (Lipinski definition) is 1. The van der Waals surface area contributed by atoms with E-state index in [2.05, 4.69) is 20.8 Å². The molecule has 0 aromatic carbocycles. The van der Waals surface area contributed by atoms with E-state index in [0.29, 0.717) is 12.5 Å². The zero-order valence-electron chi connectivity index (χ0n) is 9.25. The molecule has 1 N–H and O–H groups in total. The third kappa shape index (κ3) is 9.84. The predicted octanol–water partition coefficient (Wildman–Crippen LogP) is 2.46. The van der Waals surface area contributed by atoms with Gasteiger partial charge >= 0.3 is 0 Å². The van der Waals surface area contributed by atoms with Crippen LogP contribution in [0.2, 0.25) is 0 Å². The standard InChI is InChI=1S/C11H24O2/c1-10(2)6-8-13-7-4-5-11(3)9-12/h10-12H,4-9H2,1-3H3. The van der Waals surface area contributed by atoms with Crippen LogP contribution in [0, 0.1) is 11.8 Å². The average molecular weight is 188 g/mol. The Morgan fingerprint density at radius 1 is 1.08 bits per heavy atom. The normalized spacial score (nSPS) is 13.6. The summed E-state index contributed by atoms with van der Waals surface area (Å²) in [6.07, 6.45) is 3.29. The number of hydrogen-bond acceptors (Lipinski definition) is 2. The summed E-state index contributed by atoms with van der Waals surface area (Å²) >= 11 is 0. The molecule has 0 aliphatic heterocycles. The Hall–Kier alpha value is -0.0800. The van der Waals surface area contributed by atoms with Crippen molar-refractivity contribution in [2.45, 2.75) is 40.0 Å². The molecule has 0 aromatic heterocycles. The molecule has 0 spiro atoms. The van der Waals surface area contributed by atoms with Crippen LogP contribution in [0.25, 0.3) is 0 Å². The van der Waals surface area contributed by atoms with E-state index in [-0.39, 0.29) is 0 Å². The Labute approximate surface area is 82.3 Å². The molecule has 13 heavy (non-hydrogen) atoms. The first-order valence-corrected chi connectivity index (χ1v) is 5.35. The Bertz CT molecular complexity index is 102. The van der Waals surface area contributed by atoms with Crippen LogP contribution in [-0.4, -0.2) is 24.9 Å². The van der Waals surface area contributed by atoms with Crippen molar-refractivity contribution in [1.82, 2.24) is 0 Å². The molecule has 2 heteroatoms. The van der Waals surface area contributed by atoms with Crippen molar-refractivity contribution < 1.29 is 9.84 Å². The topological polar surface area (TPSA) is 29.5 Å². The van der Waals surface area contributed by atoms with E-state index in [1.807, 2.05) is 0 Å². The summed E-state index contributed by atoms with van der Waals surface area (Å²) in [7, 11) is 0. The molecule has 0 saturated heterocycles.